The molecule has 0 spiro atoms. The van der Waals surface area contributed by atoms with E-state index in [1.165, 1.54) is 30.5 Å². The molecule has 0 fully saturated rings. The lowest BCUT2D eigenvalue weighted by molar-refractivity contribution is -0.140. The number of methoxy groups -OCH3 is 2. The summed E-state index contributed by atoms with van der Waals surface area (Å²) in [6.45, 7) is 0. The molecule has 2 aromatic rings. The maximum atomic E-state index is 12.8. The van der Waals surface area contributed by atoms with Gasteiger partial charge >= 0.3 is 5.97 Å². The van der Waals surface area contributed by atoms with E-state index in [9.17, 15) is 14.7 Å². The Morgan fingerprint density at radius 1 is 1.25 bits per heavy atom. The minimum atomic E-state index is -0.985. The molecule has 6 nitrogen and oxygen atoms in total. The molecule has 126 valence electrons. The van der Waals surface area contributed by atoms with Gasteiger partial charge in [-0.3, -0.25) is 9.59 Å². The number of thiophene rings is 1. The second kappa shape index (κ2) is 6.16. The molecule has 0 radical (unpaired) electrons. The lowest BCUT2D eigenvalue weighted by Gasteiger charge is -2.38. The Kier molecular flexibility index (Phi) is 4.19. The number of nitrogens with zero attached hydrogens (tertiary/aromatic N) is 1. The number of carbonyl (C=O) groups is 2. The van der Waals surface area contributed by atoms with Gasteiger partial charge in [-0.2, -0.15) is 0 Å². The second-order valence-electron chi connectivity index (χ2n) is 5.49. The number of carboxylic acid groups (broad SMARTS) is 1. The maximum Gasteiger partial charge on any atom is 0.313 e. The van der Waals surface area contributed by atoms with Gasteiger partial charge in [-0.1, -0.05) is 6.07 Å². The minimum absolute atomic E-state index is 0.234. The van der Waals surface area contributed by atoms with Crippen LogP contribution in [0.1, 0.15) is 32.8 Å². The molecule has 1 aliphatic heterocycles. The highest BCUT2D eigenvalue weighted by Gasteiger charge is 2.44. The standard InChI is InChI=1S/C17H17NO5S/c1-18-15(13-5-4-6-24-13)14(17(20)21)9-7-11(22-2)12(23-3)8-10(9)16(18)19/h4-8,14-15H,1-3H3,(H,20,21). The number of benzene rings is 1. The van der Waals surface area contributed by atoms with Gasteiger partial charge in [0.2, 0.25) is 0 Å². The quantitative estimate of drug-likeness (QED) is 0.920. The average Bonchev–Trinajstić information content (AvgIpc) is 3.10. The van der Waals surface area contributed by atoms with Crippen molar-refractivity contribution in [2.24, 2.45) is 0 Å². The number of hydrogen-bond acceptors (Lipinski definition) is 5. The number of aliphatic carboxylic acids is 1. The molecule has 1 aliphatic rings. The van der Waals surface area contributed by atoms with Crippen LogP contribution in [-0.4, -0.2) is 43.2 Å². The zero-order valence-corrected chi connectivity index (χ0v) is 14.3. The molecule has 0 aliphatic carbocycles. The van der Waals surface area contributed by atoms with E-state index in [0.29, 0.717) is 22.6 Å². The summed E-state index contributed by atoms with van der Waals surface area (Å²) >= 11 is 1.44. The number of carboxylic acids is 1. The third-order valence-electron chi connectivity index (χ3n) is 4.28. The van der Waals surface area contributed by atoms with E-state index in [1.807, 2.05) is 17.5 Å². The summed E-state index contributed by atoms with van der Waals surface area (Å²) < 4.78 is 10.5. The summed E-state index contributed by atoms with van der Waals surface area (Å²) in [5, 5.41) is 11.7. The molecule has 7 heteroatoms. The fraction of sp³-hybridized carbons (Fsp3) is 0.294. The number of ether oxygens (including phenoxy) is 2. The molecule has 24 heavy (non-hydrogen) atoms. The molecular weight excluding hydrogens is 330 g/mol. The third-order valence-corrected chi connectivity index (χ3v) is 5.22. The molecule has 3 rings (SSSR count). The number of fused-ring (bicyclic) bond motifs is 1. The van der Waals surface area contributed by atoms with Crippen LogP contribution in [0, 0.1) is 0 Å². The molecule has 1 aromatic carbocycles. The van der Waals surface area contributed by atoms with Gasteiger partial charge in [0.25, 0.3) is 5.91 Å². The molecule has 1 aromatic heterocycles. The van der Waals surface area contributed by atoms with Crippen LogP contribution in [0.2, 0.25) is 0 Å². The van der Waals surface area contributed by atoms with Gasteiger partial charge in [-0.05, 0) is 29.1 Å². The van der Waals surface area contributed by atoms with Crippen molar-refractivity contribution in [2.45, 2.75) is 12.0 Å². The molecule has 0 bridgehead atoms. The molecule has 2 unspecified atom stereocenters. The largest absolute Gasteiger partial charge is 0.493 e. The summed E-state index contributed by atoms with van der Waals surface area (Å²) in [5.74, 6) is -1.29. The monoisotopic (exact) mass is 347 g/mol. The molecule has 0 saturated carbocycles. The van der Waals surface area contributed by atoms with Crippen molar-refractivity contribution >= 4 is 23.2 Å². The van der Waals surface area contributed by atoms with Crippen LogP contribution < -0.4 is 9.47 Å². The van der Waals surface area contributed by atoms with Crippen LogP contribution in [0.5, 0.6) is 11.5 Å². The fourth-order valence-electron chi connectivity index (χ4n) is 3.13. The van der Waals surface area contributed by atoms with Crippen molar-refractivity contribution in [3.05, 3.63) is 45.6 Å². The van der Waals surface area contributed by atoms with Crippen molar-refractivity contribution in [3.8, 4) is 11.5 Å². The van der Waals surface area contributed by atoms with Crippen LogP contribution in [0.15, 0.2) is 29.6 Å². The Bertz CT molecular complexity index is 787. The molecule has 2 atom stereocenters. The number of rotatable bonds is 4. The van der Waals surface area contributed by atoms with Crippen molar-refractivity contribution < 1.29 is 24.2 Å². The first-order valence-corrected chi connectivity index (χ1v) is 8.16. The van der Waals surface area contributed by atoms with E-state index < -0.39 is 17.9 Å². The molecule has 0 saturated heterocycles. The Labute approximate surface area is 143 Å². The summed E-state index contributed by atoms with van der Waals surface area (Å²) in [4.78, 5) is 27.1. The molecular formula is C17H17NO5S. The van der Waals surface area contributed by atoms with Crippen LogP contribution in [-0.2, 0) is 4.79 Å². The third kappa shape index (κ3) is 2.41. The van der Waals surface area contributed by atoms with Crippen molar-refractivity contribution in [1.82, 2.24) is 4.90 Å². The Hall–Kier alpha value is -2.54. The minimum Gasteiger partial charge on any atom is -0.493 e. The van der Waals surface area contributed by atoms with Crippen molar-refractivity contribution in [1.29, 1.82) is 0 Å². The van der Waals surface area contributed by atoms with E-state index in [0.717, 1.165) is 4.88 Å². The average molecular weight is 347 g/mol. The van der Waals surface area contributed by atoms with Gasteiger partial charge in [-0.25, -0.2) is 0 Å². The zero-order chi connectivity index (χ0) is 17.4. The number of likely N-dealkylation sites (N-methyl/N-ethyl adjacent to an activating group) is 1. The van der Waals surface area contributed by atoms with Crippen LogP contribution in [0.3, 0.4) is 0 Å². The lowest BCUT2D eigenvalue weighted by atomic mass is 9.82. The molecule has 1 N–H and O–H groups in total. The molecule has 2 heterocycles. The highest BCUT2D eigenvalue weighted by Crippen LogP contribution is 2.46. The Morgan fingerprint density at radius 2 is 1.92 bits per heavy atom. The van der Waals surface area contributed by atoms with Crippen LogP contribution >= 0.6 is 11.3 Å². The highest BCUT2D eigenvalue weighted by molar-refractivity contribution is 7.10. The van der Waals surface area contributed by atoms with E-state index in [-0.39, 0.29) is 5.91 Å². The lowest BCUT2D eigenvalue weighted by Crippen LogP contribution is -2.42. The summed E-state index contributed by atoms with van der Waals surface area (Å²) in [7, 11) is 4.58. The van der Waals surface area contributed by atoms with Gasteiger partial charge < -0.3 is 19.5 Å². The van der Waals surface area contributed by atoms with E-state index in [2.05, 4.69) is 0 Å². The predicted molar refractivity (Wildman–Crippen MR) is 89.1 cm³/mol. The van der Waals surface area contributed by atoms with Crippen LogP contribution in [0.4, 0.5) is 0 Å². The normalized spacial score (nSPS) is 19.8. The van der Waals surface area contributed by atoms with E-state index >= 15 is 0 Å². The maximum absolute atomic E-state index is 12.8. The topological polar surface area (TPSA) is 76.1 Å². The number of hydrogen-bond donors (Lipinski definition) is 1. The van der Waals surface area contributed by atoms with Gasteiger partial charge in [0.15, 0.2) is 11.5 Å². The fourth-order valence-corrected chi connectivity index (χ4v) is 4.04. The highest BCUT2D eigenvalue weighted by atomic mass is 32.1. The number of carbonyl (C=O) groups excluding carboxylic acids is 1. The van der Waals surface area contributed by atoms with Crippen LogP contribution in [0.25, 0.3) is 0 Å². The Morgan fingerprint density at radius 3 is 2.46 bits per heavy atom. The SMILES string of the molecule is COc1cc2c(cc1OC)C(C(=O)O)C(c1cccs1)N(C)C2=O. The van der Waals surface area contributed by atoms with Gasteiger partial charge in [-0.15, -0.1) is 11.3 Å². The van der Waals surface area contributed by atoms with Gasteiger partial charge in [0.05, 0.1) is 20.3 Å². The first kappa shape index (κ1) is 16.3. The van der Waals surface area contributed by atoms with E-state index in [4.69, 9.17) is 9.47 Å². The molecule has 1 amide bonds. The zero-order valence-electron chi connectivity index (χ0n) is 13.5. The van der Waals surface area contributed by atoms with E-state index in [1.54, 1.807) is 19.2 Å². The summed E-state index contributed by atoms with van der Waals surface area (Å²) in [6.07, 6.45) is 0. The smallest absolute Gasteiger partial charge is 0.313 e. The van der Waals surface area contributed by atoms with Crippen molar-refractivity contribution in [3.63, 3.8) is 0 Å². The second-order valence-corrected chi connectivity index (χ2v) is 6.47. The number of amides is 1. The van der Waals surface area contributed by atoms with Gasteiger partial charge in [0.1, 0.15) is 5.92 Å². The Balaban J connectivity index is 2.24. The summed E-state index contributed by atoms with van der Waals surface area (Å²) in [5.41, 5.74) is 0.775. The van der Waals surface area contributed by atoms with Crippen molar-refractivity contribution in [2.75, 3.05) is 21.3 Å². The first-order chi connectivity index (χ1) is 11.5. The van der Waals surface area contributed by atoms with Gasteiger partial charge in [0, 0.05) is 17.5 Å². The predicted octanol–water partition coefficient (Wildman–Crippen LogP) is 2.76. The first-order valence-electron chi connectivity index (χ1n) is 7.28. The summed E-state index contributed by atoms with van der Waals surface area (Å²) in [6, 6.07) is 6.29.